The number of benzene rings is 2. The summed E-state index contributed by atoms with van der Waals surface area (Å²) >= 11 is 1.38. The Balaban J connectivity index is 1.71. The minimum absolute atomic E-state index is 0.0499. The fraction of sp³-hybridized carbons (Fsp3) is 0.174. The summed E-state index contributed by atoms with van der Waals surface area (Å²) in [5, 5.41) is 9.52. The molecule has 0 radical (unpaired) electrons. The number of ether oxygens (including phenoxy) is 1. The lowest BCUT2D eigenvalue weighted by atomic mass is 10.1. The minimum atomic E-state index is 0.0499. The van der Waals surface area contributed by atoms with Crippen molar-refractivity contribution in [2.24, 2.45) is 7.05 Å². The highest BCUT2D eigenvalue weighted by molar-refractivity contribution is 7.99. The molecule has 0 aliphatic heterocycles. The molecular weight excluding hydrogens is 396 g/mol. The first-order chi connectivity index (χ1) is 14.6. The zero-order valence-electron chi connectivity index (χ0n) is 17.1. The number of thioether (sulfide) groups is 1. The second kappa shape index (κ2) is 8.59. The molecule has 2 aromatic heterocycles. The van der Waals surface area contributed by atoms with Crippen LogP contribution in [0.4, 0.5) is 0 Å². The molecule has 0 spiro atoms. The molecule has 152 valence electrons. The third-order valence-corrected chi connectivity index (χ3v) is 5.73. The predicted octanol–water partition coefficient (Wildman–Crippen LogP) is 4.56. The summed E-state index contributed by atoms with van der Waals surface area (Å²) in [6.07, 6.45) is 1.87. The largest absolute Gasteiger partial charge is 0.497 e. The Hall–Kier alpha value is -3.32. The molecule has 4 aromatic rings. The van der Waals surface area contributed by atoms with Gasteiger partial charge in [0.25, 0.3) is 0 Å². The molecule has 0 saturated heterocycles. The number of hydrogen-bond donors (Lipinski definition) is 0. The number of Topliss-reactive ketones (excluding diaryl/α,β-unsaturated/α-hetero) is 1. The van der Waals surface area contributed by atoms with Gasteiger partial charge in [0.2, 0.25) is 0 Å². The van der Waals surface area contributed by atoms with Gasteiger partial charge in [-0.3, -0.25) is 9.36 Å². The molecule has 0 N–H and O–H groups in total. The van der Waals surface area contributed by atoms with Crippen LogP contribution in [0.5, 0.6) is 5.75 Å². The van der Waals surface area contributed by atoms with Crippen molar-refractivity contribution in [1.29, 1.82) is 0 Å². The van der Waals surface area contributed by atoms with Gasteiger partial charge in [-0.2, -0.15) is 0 Å². The molecule has 7 heteroatoms. The number of hydrogen-bond acceptors (Lipinski definition) is 5. The van der Waals surface area contributed by atoms with E-state index in [0.717, 1.165) is 28.4 Å². The van der Waals surface area contributed by atoms with Crippen molar-refractivity contribution in [3.63, 3.8) is 0 Å². The molecule has 0 unspecified atom stereocenters. The average Bonchev–Trinajstić information content (AvgIpc) is 3.38. The summed E-state index contributed by atoms with van der Waals surface area (Å²) in [5.41, 5.74) is 3.70. The highest BCUT2D eigenvalue weighted by atomic mass is 32.2. The Labute approximate surface area is 179 Å². The van der Waals surface area contributed by atoms with E-state index in [0.29, 0.717) is 10.9 Å². The number of ketones is 1. The van der Waals surface area contributed by atoms with E-state index in [1.54, 1.807) is 7.11 Å². The highest BCUT2D eigenvalue weighted by Gasteiger charge is 2.18. The van der Waals surface area contributed by atoms with Crippen LogP contribution in [0.25, 0.3) is 17.1 Å². The molecule has 0 aliphatic rings. The normalized spacial score (nSPS) is 10.9. The van der Waals surface area contributed by atoms with E-state index in [1.165, 1.54) is 11.8 Å². The maximum absolute atomic E-state index is 12.6. The van der Waals surface area contributed by atoms with Crippen LogP contribution in [0.2, 0.25) is 0 Å². The van der Waals surface area contributed by atoms with Gasteiger partial charge in [-0.1, -0.05) is 35.5 Å². The van der Waals surface area contributed by atoms with Crippen LogP contribution in [0.3, 0.4) is 0 Å². The maximum atomic E-state index is 12.6. The Morgan fingerprint density at radius 3 is 2.53 bits per heavy atom. The van der Waals surface area contributed by atoms with E-state index < -0.39 is 0 Å². The van der Waals surface area contributed by atoms with Crippen LogP contribution in [-0.2, 0) is 7.05 Å². The van der Waals surface area contributed by atoms with Crippen molar-refractivity contribution in [2.45, 2.75) is 12.1 Å². The third kappa shape index (κ3) is 4.02. The van der Waals surface area contributed by atoms with Crippen LogP contribution >= 0.6 is 11.8 Å². The van der Waals surface area contributed by atoms with Gasteiger partial charge in [0.05, 0.1) is 18.6 Å². The summed E-state index contributed by atoms with van der Waals surface area (Å²) in [6.45, 7) is 2.05. The molecular formula is C23H22N4O2S. The number of aryl methyl sites for hydroxylation is 2. The van der Waals surface area contributed by atoms with Crippen molar-refractivity contribution < 1.29 is 9.53 Å². The lowest BCUT2D eigenvalue weighted by Gasteiger charge is -2.11. The molecule has 0 saturated carbocycles. The van der Waals surface area contributed by atoms with E-state index in [1.807, 2.05) is 83.9 Å². The Bertz CT molecular complexity index is 1180. The standard InChI is InChI=1S/C23H22N4O2S/c1-16-6-4-7-17(14-16)22-24-25-23(27(22)18-9-11-19(29-3)12-10-18)30-15-21(28)20-8-5-13-26(20)2/h4-14H,15H2,1-3H3. The first-order valence-electron chi connectivity index (χ1n) is 9.51. The van der Waals surface area contributed by atoms with Crippen molar-refractivity contribution in [2.75, 3.05) is 12.9 Å². The van der Waals surface area contributed by atoms with Gasteiger partial charge in [0.1, 0.15) is 5.75 Å². The summed E-state index contributed by atoms with van der Waals surface area (Å²) in [4.78, 5) is 12.6. The van der Waals surface area contributed by atoms with Crippen LogP contribution < -0.4 is 4.74 Å². The van der Waals surface area contributed by atoms with Gasteiger partial charge in [-0.15, -0.1) is 10.2 Å². The van der Waals surface area contributed by atoms with Gasteiger partial charge in [0.15, 0.2) is 16.8 Å². The monoisotopic (exact) mass is 418 g/mol. The highest BCUT2D eigenvalue weighted by Crippen LogP contribution is 2.29. The molecule has 2 aromatic carbocycles. The minimum Gasteiger partial charge on any atom is -0.497 e. The van der Waals surface area contributed by atoms with Gasteiger partial charge in [0, 0.05) is 24.5 Å². The van der Waals surface area contributed by atoms with Gasteiger partial charge in [-0.25, -0.2) is 0 Å². The summed E-state index contributed by atoms with van der Waals surface area (Å²) in [7, 11) is 3.51. The number of nitrogens with zero attached hydrogens (tertiary/aromatic N) is 4. The number of carbonyl (C=O) groups is 1. The van der Waals surface area contributed by atoms with Gasteiger partial charge >= 0.3 is 0 Å². The fourth-order valence-corrected chi connectivity index (χ4v) is 4.08. The lowest BCUT2D eigenvalue weighted by Crippen LogP contribution is -2.09. The Morgan fingerprint density at radius 1 is 1.07 bits per heavy atom. The topological polar surface area (TPSA) is 61.9 Å². The summed E-state index contributed by atoms with van der Waals surface area (Å²) < 4.78 is 9.10. The Morgan fingerprint density at radius 2 is 1.87 bits per heavy atom. The average molecular weight is 419 g/mol. The van der Waals surface area contributed by atoms with Crippen LogP contribution in [0, 0.1) is 6.92 Å². The molecule has 0 bridgehead atoms. The van der Waals surface area contributed by atoms with E-state index in [2.05, 4.69) is 16.3 Å². The zero-order chi connectivity index (χ0) is 21.1. The molecule has 0 amide bonds. The van der Waals surface area contributed by atoms with Crippen molar-refractivity contribution in [1.82, 2.24) is 19.3 Å². The van der Waals surface area contributed by atoms with E-state index >= 15 is 0 Å². The molecule has 2 heterocycles. The second-order valence-corrected chi connectivity index (χ2v) is 7.87. The van der Waals surface area contributed by atoms with Gasteiger partial charge < -0.3 is 9.30 Å². The number of aromatic nitrogens is 4. The SMILES string of the molecule is COc1ccc(-n2c(SCC(=O)c3cccn3C)nnc2-c2cccc(C)c2)cc1. The van der Waals surface area contributed by atoms with Crippen LogP contribution in [-0.4, -0.2) is 38.0 Å². The molecule has 0 atom stereocenters. The molecule has 30 heavy (non-hydrogen) atoms. The van der Waals surface area contributed by atoms with Crippen molar-refractivity contribution >= 4 is 17.5 Å². The molecule has 0 aliphatic carbocycles. The van der Waals surface area contributed by atoms with Crippen LogP contribution in [0.15, 0.2) is 72.0 Å². The number of carbonyl (C=O) groups excluding carboxylic acids is 1. The van der Waals surface area contributed by atoms with E-state index in [4.69, 9.17) is 4.74 Å². The van der Waals surface area contributed by atoms with Gasteiger partial charge in [-0.05, 0) is 49.4 Å². The molecule has 0 fully saturated rings. The van der Waals surface area contributed by atoms with Crippen LogP contribution in [0.1, 0.15) is 16.1 Å². The van der Waals surface area contributed by atoms with Crippen molar-refractivity contribution in [3.05, 3.63) is 78.1 Å². The fourth-order valence-electron chi connectivity index (χ4n) is 3.25. The zero-order valence-corrected chi connectivity index (χ0v) is 17.9. The third-order valence-electron chi connectivity index (χ3n) is 4.80. The van der Waals surface area contributed by atoms with E-state index in [9.17, 15) is 4.79 Å². The smallest absolute Gasteiger partial charge is 0.196 e. The van der Waals surface area contributed by atoms with E-state index in [-0.39, 0.29) is 11.5 Å². The second-order valence-electron chi connectivity index (χ2n) is 6.93. The Kier molecular flexibility index (Phi) is 5.72. The maximum Gasteiger partial charge on any atom is 0.196 e. The quantitative estimate of drug-likeness (QED) is 0.325. The summed E-state index contributed by atoms with van der Waals surface area (Å²) in [6, 6.07) is 19.6. The first kappa shape index (κ1) is 20.0. The van der Waals surface area contributed by atoms with Crippen molar-refractivity contribution in [3.8, 4) is 22.8 Å². The summed E-state index contributed by atoms with van der Waals surface area (Å²) in [5.74, 6) is 1.84. The lowest BCUT2D eigenvalue weighted by molar-refractivity contribution is 0.101. The molecule has 6 nitrogen and oxygen atoms in total. The predicted molar refractivity (Wildman–Crippen MR) is 119 cm³/mol. The first-order valence-corrected chi connectivity index (χ1v) is 10.5. The number of methoxy groups -OCH3 is 1. The molecule has 4 rings (SSSR count). The number of rotatable bonds is 7.